The Morgan fingerprint density at radius 2 is 1.35 bits per heavy atom. The molecule has 0 aliphatic heterocycles. The summed E-state index contributed by atoms with van der Waals surface area (Å²) in [7, 11) is -1.39. The predicted molar refractivity (Wildman–Crippen MR) is 148 cm³/mol. The predicted octanol–water partition coefficient (Wildman–Crippen LogP) is 3.83. The highest BCUT2D eigenvalue weighted by Crippen LogP contribution is 2.36. The average Bonchev–Trinajstić information content (AvgIpc) is 2.92. The molecular weight excluding hydrogens is 482 g/mol. The van der Waals surface area contributed by atoms with E-state index in [1.165, 1.54) is 17.5 Å². The van der Waals surface area contributed by atoms with Gasteiger partial charge in [0.1, 0.15) is 12.6 Å². The van der Waals surface area contributed by atoms with E-state index < -0.39 is 26.3 Å². The molecule has 0 heterocycles. The molecule has 0 fully saturated rings. The van der Waals surface area contributed by atoms with Gasteiger partial charge in [-0.05, 0) is 27.4 Å². The molecule has 3 aromatic rings. The van der Waals surface area contributed by atoms with Crippen molar-refractivity contribution in [2.75, 3.05) is 20.3 Å². The van der Waals surface area contributed by atoms with E-state index in [0.717, 1.165) is 5.56 Å². The number of ether oxygens (including phenoxy) is 2. The van der Waals surface area contributed by atoms with Gasteiger partial charge < -0.3 is 13.9 Å². The number of nitrogens with one attached hydrogen (secondary N) is 1. The zero-order chi connectivity index (χ0) is 26.7. The van der Waals surface area contributed by atoms with E-state index in [0.29, 0.717) is 13.0 Å². The number of carbonyl (C=O) groups is 2. The van der Waals surface area contributed by atoms with Crippen LogP contribution in [0.2, 0.25) is 5.04 Å². The van der Waals surface area contributed by atoms with Gasteiger partial charge in [0.2, 0.25) is 0 Å². The number of hydrogen-bond donors (Lipinski definition) is 1. The van der Waals surface area contributed by atoms with E-state index in [4.69, 9.17) is 13.9 Å². The van der Waals surface area contributed by atoms with Gasteiger partial charge in [0.05, 0.1) is 13.7 Å². The molecule has 0 saturated heterocycles. The van der Waals surface area contributed by atoms with Crippen molar-refractivity contribution in [3.8, 4) is 0 Å². The minimum absolute atomic E-state index is 0.105. The second kappa shape index (κ2) is 13.3. The van der Waals surface area contributed by atoms with Crippen LogP contribution in [0.25, 0.3) is 0 Å². The molecule has 1 atom stereocenters. The lowest BCUT2D eigenvalue weighted by Gasteiger charge is -2.43. The Morgan fingerprint density at radius 3 is 1.84 bits per heavy atom. The zero-order valence-electron chi connectivity index (χ0n) is 22.1. The summed E-state index contributed by atoms with van der Waals surface area (Å²) in [5.41, 5.74) is 0.902. The Kier molecular flexibility index (Phi) is 10.2. The summed E-state index contributed by atoms with van der Waals surface area (Å²) in [5, 5.41) is 5.16. The molecule has 3 rings (SSSR count). The summed E-state index contributed by atoms with van der Waals surface area (Å²) in [6.07, 6.45) is 0.350. The summed E-state index contributed by atoms with van der Waals surface area (Å²) in [4.78, 5) is 24.8. The SMILES string of the molecule is COC(=O)[C@@H](CCO[Si](c1ccccc1)(c1ccccc1)C(C)(C)C)NCC(=O)OCc1ccccc1. The average molecular weight is 520 g/mol. The number of hydrogen-bond acceptors (Lipinski definition) is 6. The second-order valence-electron chi connectivity index (χ2n) is 9.90. The van der Waals surface area contributed by atoms with Crippen molar-refractivity contribution in [1.29, 1.82) is 0 Å². The fraction of sp³-hybridized carbons (Fsp3) is 0.333. The fourth-order valence-corrected chi connectivity index (χ4v) is 9.11. The largest absolute Gasteiger partial charge is 0.468 e. The zero-order valence-corrected chi connectivity index (χ0v) is 23.1. The van der Waals surface area contributed by atoms with Gasteiger partial charge in [-0.15, -0.1) is 0 Å². The first-order valence-electron chi connectivity index (χ1n) is 12.5. The number of carbonyl (C=O) groups excluding carboxylic acids is 2. The molecule has 196 valence electrons. The fourth-order valence-electron chi connectivity index (χ4n) is 4.53. The molecule has 0 spiro atoms. The first kappa shape index (κ1) is 28.3. The maximum atomic E-state index is 12.5. The van der Waals surface area contributed by atoms with Gasteiger partial charge in [-0.2, -0.15) is 0 Å². The highest BCUT2D eigenvalue weighted by molar-refractivity contribution is 6.99. The molecule has 0 saturated carbocycles. The Hall–Kier alpha value is -3.26. The second-order valence-corrected chi connectivity index (χ2v) is 14.2. The lowest BCUT2D eigenvalue weighted by Crippen LogP contribution is -2.66. The third-order valence-corrected chi connectivity index (χ3v) is 11.4. The van der Waals surface area contributed by atoms with E-state index in [1.54, 1.807) is 0 Å². The van der Waals surface area contributed by atoms with Gasteiger partial charge in [0.15, 0.2) is 0 Å². The van der Waals surface area contributed by atoms with Gasteiger partial charge in [-0.1, -0.05) is 112 Å². The van der Waals surface area contributed by atoms with Crippen molar-refractivity contribution in [3.05, 3.63) is 96.6 Å². The molecule has 7 heteroatoms. The highest BCUT2D eigenvalue weighted by Gasteiger charge is 2.50. The number of rotatable bonds is 12. The topological polar surface area (TPSA) is 73.9 Å². The Labute approximate surface area is 221 Å². The summed E-state index contributed by atoms with van der Waals surface area (Å²) >= 11 is 0. The summed E-state index contributed by atoms with van der Waals surface area (Å²) in [6.45, 7) is 7.01. The van der Waals surface area contributed by atoms with E-state index in [-0.39, 0.29) is 18.2 Å². The van der Waals surface area contributed by atoms with Gasteiger partial charge >= 0.3 is 11.9 Å². The smallest absolute Gasteiger partial charge is 0.322 e. The maximum absolute atomic E-state index is 12.5. The van der Waals surface area contributed by atoms with Gasteiger partial charge in [-0.25, -0.2) is 0 Å². The van der Waals surface area contributed by atoms with Crippen LogP contribution in [0.4, 0.5) is 0 Å². The van der Waals surface area contributed by atoms with Crippen LogP contribution >= 0.6 is 0 Å². The first-order chi connectivity index (χ1) is 17.8. The monoisotopic (exact) mass is 519 g/mol. The molecule has 0 aromatic heterocycles. The van der Waals surface area contributed by atoms with Crippen LogP contribution in [0.3, 0.4) is 0 Å². The Bertz CT molecular complexity index is 1080. The van der Waals surface area contributed by atoms with Crippen molar-refractivity contribution in [3.63, 3.8) is 0 Å². The molecule has 1 N–H and O–H groups in total. The van der Waals surface area contributed by atoms with E-state index >= 15 is 0 Å². The van der Waals surface area contributed by atoms with Crippen molar-refractivity contribution in [2.45, 2.75) is 44.9 Å². The molecule has 0 unspecified atom stereocenters. The highest BCUT2D eigenvalue weighted by atomic mass is 28.4. The van der Waals surface area contributed by atoms with Gasteiger partial charge in [0, 0.05) is 6.61 Å². The molecule has 0 amide bonds. The normalized spacial score (nSPS) is 12.5. The van der Waals surface area contributed by atoms with E-state index in [9.17, 15) is 9.59 Å². The molecule has 37 heavy (non-hydrogen) atoms. The number of methoxy groups -OCH3 is 1. The van der Waals surface area contributed by atoms with E-state index in [2.05, 4.69) is 50.4 Å². The minimum atomic E-state index is -2.73. The quantitative estimate of drug-likeness (QED) is 0.290. The minimum Gasteiger partial charge on any atom is -0.468 e. The summed E-state index contributed by atoms with van der Waals surface area (Å²) in [6, 6.07) is 29.4. The summed E-state index contributed by atoms with van der Waals surface area (Å²) in [5.74, 6) is -0.882. The summed E-state index contributed by atoms with van der Waals surface area (Å²) < 4.78 is 17.2. The molecular formula is C30H37NO5Si. The van der Waals surface area contributed by atoms with Crippen molar-refractivity contribution in [2.24, 2.45) is 0 Å². The van der Waals surface area contributed by atoms with Crippen LogP contribution in [-0.4, -0.2) is 46.6 Å². The lowest BCUT2D eigenvalue weighted by atomic mass is 10.2. The number of esters is 2. The van der Waals surface area contributed by atoms with Crippen molar-refractivity contribution in [1.82, 2.24) is 5.32 Å². The van der Waals surface area contributed by atoms with Crippen molar-refractivity contribution < 1.29 is 23.5 Å². The Balaban J connectivity index is 1.71. The standard InChI is InChI=1S/C30H37NO5Si/c1-30(2,3)37(25-16-10-6-11-17-25,26-18-12-7-13-19-26)36-21-20-27(29(33)34-4)31-22-28(32)35-23-24-14-8-5-9-15-24/h5-19,27,31H,20-23H2,1-4H3/t27-/m1/s1. The third kappa shape index (κ3) is 7.38. The third-order valence-electron chi connectivity index (χ3n) is 6.36. The van der Waals surface area contributed by atoms with Crippen molar-refractivity contribution >= 4 is 30.6 Å². The maximum Gasteiger partial charge on any atom is 0.322 e. The van der Waals surface area contributed by atoms with Crippen LogP contribution in [0.15, 0.2) is 91.0 Å². The van der Waals surface area contributed by atoms with Crippen LogP contribution in [0, 0.1) is 0 Å². The number of benzene rings is 3. The first-order valence-corrected chi connectivity index (χ1v) is 14.4. The molecule has 6 nitrogen and oxygen atoms in total. The van der Waals surface area contributed by atoms with E-state index in [1.807, 2.05) is 66.7 Å². The molecule has 3 aromatic carbocycles. The molecule has 0 aliphatic rings. The molecule has 0 aliphatic carbocycles. The molecule has 0 radical (unpaired) electrons. The van der Waals surface area contributed by atoms with Crippen LogP contribution in [-0.2, 0) is 30.1 Å². The van der Waals surface area contributed by atoms with Crippen LogP contribution in [0.5, 0.6) is 0 Å². The van der Waals surface area contributed by atoms with Crippen LogP contribution in [0.1, 0.15) is 32.8 Å². The van der Waals surface area contributed by atoms with Crippen LogP contribution < -0.4 is 15.7 Å². The van der Waals surface area contributed by atoms with Gasteiger partial charge in [0.25, 0.3) is 8.32 Å². The lowest BCUT2D eigenvalue weighted by molar-refractivity contribution is -0.146. The molecule has 0 bridgehead atoms. The Morgan fingerprint density at radius 1 is 0.838 bits per heavy atom. The van der Waals surface area contributed by atoms with Gasteiger partial charge in [-0.3, -0.25) is 14.9 Å².